The molecule has 0 saturated heterocycles. The maximum Gasteiger partial charge on any atom is 0.315 e. The lowest BCUT2D eigenvalue weighted by Gasteiger charge is -2.66. The fourth-order valence-electron chi connectivity index (χ4n) is 9.15. The van der Waals surface area contributed by atoms with Gasteiger partial charge < -0.3 is 36.8 Å². The summed E-state index contributed by atoms with van der Waals surface area (Å²) in [5, 5.41) is 52.7. The van der Waals surface area contributed by atoms with Gasteiger partial charge in [0.25, 0.3) is 0 Å². The maximum atomic E-state index is 14.5. The number of hydrogen-bond donors (Lipinski definition) is 7. The highest BCUT2D eigenvalue weighted by atomic mass is 16.4. The first-order valence-corrected chi connectivity index (χ1v) is 16.2. The quantitative estimate of drug-likeness (QED) is 0.160. The molecule has 11 nitrogen and oxygen atoms in total. The summed E-state index contributed by atoms with van der Waals surface area (Å²) in [7, 11) is 0. The molecule has 1 aromatic carbocycles. The average Bonchev–Trinajstić information content (AvgIpc) is 2.92. The van der Waals surface area contributed by atoms with Gasteiger partial charge in [0.2, 0.25) is 5.91 Å². The second kappa shape index (κ2) is 12.3. The van der Waals surface area contributed by atoms with E-state index < -0.39 is 69.9 Å². The van der Waals surface area contributed by atoms with Gasteiger partial charge in [0.1, 0.15) is 17.8 Å². The highest BCUT2D eigenvalue weighted by molar-refractivity contribution is 6.09. The van der Waals surface area contributed by atoms with Gasteiger partial charge >= 0.3 is 6.03 Å². The van der Waals surface area contributed by atoms with Crippen molar-refractivity contribution < 1.29 is 39.6 Å². The van der Waals surface area contributed by atoms with Crippen LogP contribution in [0.25, 0.3) is 0 Å². The number of hydrogen-bond acceptors (Lipinski definition) is 8. The van der Waals surface area contributed by atoms with E-state index >= 15 is 0 Å². The molecule has 11 heteroatoms. The zero-order valence-corrected chi connectivity index (χ0v) is 27.6. The van der Waals surface area contributed by atoms with Gasteiger partial charge in [0.15, 0.2) is 17.2 Å². The van der Waals surface area contributed by atoms with Crippen LogP contribution < -0.4 is 16.4 Å². The molecule has 8 N–H and O–H groups in total. The topological polar surface area (TPSA) is 199 Å². The Bertz CT molecular complexity index is 1380. The standard InChI is InChI=1S/C34H51N3O8/c1-8-9-10-11-36-31(44)37-14-18-12-19(16(2)3)20-13-32(6)15-33(7)23(17(4)5)27(40)22(30(35)43)28(41)34(33,45)29(42)24(32)26(39)21(20)25(18)38/h12,16-17,22-24,27,29,38,40,42,45H,8-11,13-15H2,1-7H3,(H2,35,43)(H2,36,37,44)/t22-,23+,24-,27?,29?,32-,33-,34+/m1/s1. The number of aliphatic hydroxyl groups excluding tert-OH is 2. The van der Waals surface area contributed by atoms with E-state index in [-0.39, 0.29) is 42.5 Å². The molecule has 45 heavy (non-hydrogen) atoms. The van der Waals surface area contributed by atoms with Crippen molar-refractivity contribution >= 4 is 23.5 Å². The van der Waals surface area contributed by atoms with Crippen LogP contribution in [0.2, 0.25) is 0 Å². The summed E-state index contributed by atoms with van der Waals surface area (Å²) in [4.78, 5) is 53.3. The van der Waals surface area contributed by atoms with E-state index in [0.717, 1.165) is 24.8 Å². The number of unbranched alkanes of at least 4 members (excludes halogenated alkanes) is 2. The van der Waals surface area contributed by atoms with Crippen LogP contribution in [0.5, 0.6) is 5.75 Å². The Labute approximate surface area is 265 Å². The molecule has 0 aromatic heterocycles. The number of rotatable bonds is 9. The van der Waals surface area contributed by atoms with Crippen LogP contribution in [0.3, 0.4) is 0 Å². The lowest BCUT2D eigenvalue weighted by molar-refractivity contribution is -0.265. The Morgan fingerprint density at radius 1 is 1.09 bits per heavy atom. The summed E-state index contributed by atoms with van der Waals surface area (Å²) >= 11 is 0. The number of carbonyl (C=O) groups is 4. The molecule has 2 fully saturated rings. The van der Waals surface area contributed by atoms with Crippen molar-refractivity contribution in [2.45, 2.75) is 111 Å². The summed E-state index contributed by atoms with van der Waals surface area (Å²) in [5.41, 5.74) is 2.36. The minimum absolute atomic E-state index is 0.00485. The summed E-state index contributed by atoms with van der Waals surface area (Å²) in [5.74, 6) is -7.39. The molecular formula is C34H51N3O8. The lowest BCUT2D eigenvalue weighted by Crippen LogP contribution is -2.79. The van der Waals surface area contributed by atoms with Gasteiger partial charge in [0.05, 0.1) is 17.6 Å². The number of benzene rings is 1. The SMILES string of the molecule is CCCCCNC(=O)NCc1cc(C(C)C)c2c(c1O)C(=O)[C@@H]1C(O)[C@@]3(O)C(=O)[C@H](C(N)=O)C(O)[C@H](C(C)C)[C@@]3(C)C[C@@]1(C)C2. The number of primary amides is 1. The fourth-order valence-corrected chi connectivity index (χ4v) is 9.15. The van der Waals surface area contributed by atoms with E-state index in [1.165, 1.54) is 0 Å². The number of phenolic OH excluding ortho intramolecular Hbond substituents is 1. The zero-order chi connectivity index (χ0) is 33.8. The van der Waals surface area contributed by atoms with Crippen LogP contribution >= 0.6 is 0 Å². The number of fused-ring (bicyclic) bond motifs is 3. The molecule has 2 saturated carbocycles. The number of nitrogens with one attached hydrogen (secondary N) is 2. The minimum atomic E-state index is -2.57. The molecule has 2 unspecified atom stereocenters. The van der Waals surface area contributed by atoms with Crippen molar-refractivity contribution in [3.05, 3.63) is 28.3 Å². The van der Waals surface area contributed by atoms with Gasteiger partial charge in [-0.2, -0.15) is 0 Å². The second-order valence-electron chi connectivity index (χ2n) is 14.8. The molecule has 3 aliphatic carbocycles. The highest BCUT2D eigenvalue weighted by Gasteiger charge is 2.76. The number of urea groups is 1. The maximum absolute atomic E-state index is 14.5. The van der Waals surface area contributed by atoms with Crippen molar-refractivity contribution in [2.24, 2.45) is 40.2 Å². The van der Waals surface area contributed by atoms with E-state index in [4.69, 9.17) is 5.73 Å². The third kappa shape index (κ3) is 5.34. The van der Waals surface area contributed by atoms with Gasteiger partial charge in [-0.15, -0.1) is 0 Å². The number of phenols is 1. The van der Waals surface area contributed by atoms with Gasteiger partial charge in [-0.25, -0.2) is 4.79 Å². The molecule has 3 aliphatic rings. The number of aromatic hydroxyl groups is 1. The summed E-state index contributed by atoms with van der Waals surface area (Å²) in [6.45, 7) is 13.6. The first-order valence-electron chi connectivity index (χ1n) is 16.2. The molecule has 1 aromatic rings. The zero-order valence-electron chi connectivity index (χ0n) is 27.6. The van der Waals surface area contributed by atoms with Crippen molar-refractivity contribution in [1.82, 2.24) is 10.6 Å². The van der Waals surface area contributed by atoms with Gasteiger partial charge in [0, 0.05) is 24.1 Å². The number of carbonyl (C=O) groups excluding carboxylic acids is 4. The normalized spacial score (nSPS) is 34.3. The first kappa shape index (κ1) is 34.8. The molecule has 0 bridgehead atoms. The predicted molar refractivity (Wildman–Crippen MR) is 167 cm³/mol. The Morgan fingerprint density at radius 2 is 1.73 bits per heavy atom. The summed E-state index contributed by atoms with van der Waals surface area (Å²) in [6.07, 6.45) is -0.240. The number of ketones is 2. The van der Waals surface area contributed by atoms with Gasteiger partial charge in [-0.05, 0) is 59.6 Å². The minimum Gasteiger partial charge on any atom is -0.507 e. The molecule has 250 valence electrons. The molecule has 3 amide bonds. The van der Waals surface area contributed by atoms with Crippen LogP contribution in [0.1, 0.15) is 107 Å². The molecule has 4 rings (SSSR count). The third-order valence-corrected chi connectivity index (χ3v) is 11.0. The van der Waals surface area contributed by atoms with Crippen molar-refractivity contribution in [1.29, 1.82) is 0 Å². The Morgan fingerprint density at radius 3 is 2.29 bits per heavy atom. The van der Waals surface area contributed by atoms with E-state index in [9.17, 15) is 39.6 Å². The number of amides is 3. The monoisotopic (exact) mass is 629 g/mol. The van der Waals surface area contributed by atoms with E-state index in [0.29, 0.717) is 17.7 Å². The molecular weight excluding hydrogens is 578 g/mol. The average molecular weight is 630 g/mol. The molecule has 0 spiro atoms. The molecule has 0 radical (unpaired) electrons. The van der Waals surface area contributed by atoms with Gasteiger partial charge in [-0.1, -0.05) is 61.3 Å². The highest BCUT2D eigenvalue weighted by Crippen LogP contribution is 2.66. The molecule has 0 heterocycles. The van der Waals surface area contributed by atoms with E-state index in [1.54, 1.807) is 13.0 Å². The van der Waals surface area contributed by atoms with E-state index in [2.05, 4.69) is 17.6 Å². The van der Waals surface area contributed by atoms with Crippen molar-refractivity contribution in [3.8, 4) is 5.75 Å². The van der Waals surface area contributed by atoms with Crippen LogP contribution in [0.15, 0.2) is 6.07 Å². The Hall–Kier alpha value is -3.02. The van der Waals surface area contributed by atoms with Crippen LogP contribution in [0.4, 0.5) is 4.79 Å². The fraction of sp³-hybridized carbons (Fsp3) is 0.706. The van der Waals surface area contributed by atoms with Crippen LogP contribution in [0, 0.1) is 34.5 Å². The van der Waals surface area contributed by atoms with Crippen LogP contribution in [-0.4, -0.2) is 68.3 Å². The second-order valence-corrected chi connectivity index (χ2v) is 14.8. The predicted octanol–water partition coefficient (Wildman–Crippen LogP) is 2.69. The van der Waals surface area contributed by atoms with Crippen LogP contribution in [-0.2, 0) is 22.6 Å². The van der Waals surface area contributed by atoms with E-state index in [1.807, 2.05) is 34.6 Å². The molecule has 8 atom stereocenters. The largest absolute Gasteiger partial charge is 0.507 e. The number of nitrogens with two attached hydrogens (primary N) is 1. The lowest BCUT2D eigenvalue weighted by atomic mass is 9.39. The number of Topliss-reactive ketones (excluding diaryl/α,β-unsaturated/α-hetero) is 2. The smallest absolute Gasteiger partial charge is 0.315 e. The molecule has 0 aliphatic heterocycles. The summed E-state index contributed by atoms with van der Waals surface area (Å²) < 4.78 is 0. The van der Waals surface area contributed by atoms with Gasteiger partial charge in [-0.3, -0.25) is 14.4 Å². The van der Waals surface area contributed by atoms with Crippen molar-refractivity contribution in [2.75, 3.05) is 6.54 Å². The summed E-state index contributed by atoms with van der Waals surface area (Å²) in [6, 6.07) is 1.39. The Balaban J connectivity index is 1.81. The van der Waals surface area contributed by atoms with Crippen molar-refractivity contribution in [3.63, 3.8) is 0 Å². The Kier molecular flexibility index (Phi) is 9.52. The first-order chi connectivity index (χ1) is 20.9. The number of aliphatic hydroxyl groups is 3. The third-order valence-electron chi connectivity index (χ3n) is 11.0.